The SMILES string of the molecule is Brc1cccc(-c2ccc3c4c(cccc24)-c2ccccc2-3)c1.Brc1cccc(I)c1.OB(O)c1ccc2c3c(cccc13)-c1ccccc1-2.OB(O)c1cccc(-c2ccc3c4c(cccc24)-c2ccccc2-3)c1. The van der Waals surface area contributed by atoms with Gasteiger partial charge in [-0.1, -0.05) is 238 Å². The van der Waals surface area contributed by atoms with Crippen LogP contribution < -0.4 is 10.9 Å². The molecule has 75 heavy (non-hydrogen) atoms. The highest BCUT2D eigenvalue weighted by atomic mass is 127. The van der Waals surface area contributed by atoms with E-state index in [1.54, 1.807) is 12.1 Å². The molecular weight excluding hydrogens is 1170 g/mol. The Kier molecular flexibility index (Phi) is 13.5. The summed E-state index contributed by atoms with van der Waals surface area (Å²) in [5, 5.41) is 45.2. The van der Waals surface area contributed by atoms with Gasteiger partial charge >= 0.3 is 14.2 Å². The van der Waals surface area contributed by atoms with Gasteiger partial charge in [-0.15, -0.1) is 0 Å². The average Bonchev–Trinajstić information content (AvgIpc) is 4.07. The molecule has 0 aliphatic heterocycles. The van der Waals surface area contributed by atoms with E-state index in [9.17, 15) is 20.1 Å². The first-order valence-electron chi connectivity index (χ1n) is 24.6. The predicted molar refractivity (Wildman–Crippen MR) is 330 cm³/mol. The highest BCUT2D eigenvalue weighted by Crippen LogP contribution is 2.51. The molecular formula is C66H43B2Br2IO4. The van der Waals surface area contributed by atoms with Gasteiger partial charge in [-0.2, -0.15) is 0 Å². The van der Waals surface area contributed by atoms with E-state index in [4.69, 9.17) is 0 Å². The van der Waals surface area contributed by atoms with Crippen LogP contribution >= 0.6 is 54.5 Å². The highest BCUT2D eigenvalue weighted by Gasteiger charge is 2.26. The number of benzene rings is 12. The van der Waals surface area contributed by atoms with E-state index in [1.165, 1.54) is 103 Å². The van der Waals surface area contributed by atoms with Gasteiger partial charge in [0.25, 0.3) is 0 Å². The lowest BCUT2D eigenvalue weighted by Crippen LogP contribution is -2.30. The fraction of sp³-hybridized carbons (Fsp3) is 0. The summed E-state index contributed by atoms with van der Waals surface area (Å²) in [4.78, 5) is 0. The van der Waals surface area contributed by atoms with Crippen molar-refractivity contribution in [2.75, 3.05) is 0 Å². The van der Waals surface area contributed by atoms with Crippen LogP contribution in [-0.2, 0) is 0 Å². The lowest BCUT2D eigenvalue weighted by Gasteiger charge is -2.11. The molecule has 9 heteroatoms. The van der Waals surface area contributed by atoms with Crippen LogP contribution in [0.5, 0.6) is 0 Å². The van der Waals surface area contributed by atoms with Crippen LogP contribution in [0.2, 0.25) is 0 Å². The smallest absolute Gasteiger partial charge is 0.423 e. The monoisotopic (exact) mass is 1210 g/mol. The third-order valence-corrected chi connectivity index (χ3v) is 16.0. The van der Waals surface area contributed by atoms with Gasteiger partial charge in [0.15, 0.2) is 0 Å². The summed E-state index contributed by atoms with van der Waals surface area (Å²) in [5.41, 5.74) is 21.0. The Bertz CT molecular complexity index is 4110. The van der Waals surface area contributed by atoms with E-state index in [2.05, 4.69) is 218 Å². The van der Waals surface area contributed by atoms with Crippen molar-refractivity contribution in [3.05, 3.63) is 249 Å². The summed E-state index contributed by atoms with van der Waals surface area (Å²) >= 11 is 9.22. The van der Waals surface area contributed by atoms with Crippen molar-refractivity contribution in [3.8, 4) is 89.0 Å². The maximum atomic E-state index is 9.50. The van der Waals surface area contributed by atoms with Crippen molar-refractivity contribution in [2.45, 2.75) is 0 Å². The maximum absolute atomic E-state index is 9.50. The Morgan fingerprint density at radius 2 is 0.627 bits per heavy atom. The van der Waals surface area contributed by atoms with Crippen molar-refractivity contribution in [2.24, 2.45) is 0 Å². The third kappa shape index (κ3) is 9.06. The summed E-state index contributed by atoms with van der Waals surface area (Å²) < 4.78 is 3.52. The van der Waals surface area contributed by atoms with Crippen molar-refractivity contribution in [3.63, 3.8) is 0 Å². The number of rotatable bonds is 4. The first kappa shape index (κ1) is 49.0. The van der Waals surface area contributed by atoms with E-state index >= 15 is 0 Å². The van der Waals surface area contributed by atoms with Gasteiger partial charge in [0.2, 0.25) is 0 Å². The zero-order valence-corrected chi connectivity index (χ0v) is 45.4. The van der Waals surface area contributed by atoms with Crippen molar-refractivity contribution < 1.29 is 20.1 Å². The Morgan fingerprint density at radius 3 is 1.04 bits per heavy atom. The molecule has 0 spiro atoms. The molecule has 0 fully saturated rings. The number of fused-ring (bicyclic) bond motifs is 9. The molecule has 4 nitrogen and oxygen atoms in total. The topological polar surface area (TPSA) is 80.9 Å². The molecule has 0 saturated carbocycles. The molecule has 4 N–H and O–H groups in total. The number of hydrogen-bond acceptors (Lipinski definition) is 4. The fourth-order valence-electron chi connectivity index (χ4n) is 11.2. The second-order valence-electron chi connectivity index (χ2n) is 18.7. The second kappa shape index (κ2) is 20.7. The molecule has 358 valence electrons. The van der Waals surface area contributed by atoms with Crippen molar-refractivity contribution >= 4 is 112 Å². The van der Waals surface area contributed by atoms with Crippen molar-refractivity contribution in [1.82, 2.24) is 0 Å². The zero-order valence-electron chi connectivity index (χ0n) is 40.1. The molecule has 3 aliphatic carbocycles. The average molecular weight is 1210 g/mol. The Labute approximate surface area is 466 Å². The largest absolute Gasteiger partial charge is 0.489 e. The van der Waals surface area contributed by atoms with Crippen LogP contribution in [0.15, 0.2) is 246 Å². The molecule has 0 bridgehead atoms. The van der Waals surface area contributed by atoms with Gasteiger partial charge in [-0.3, -0.25) is 0 Å². The van der Waals surface area contributed by atoms with Crippen LogP contribution in [0.25, 0.3) is 121 Å². The van der Waals surface area contributed by atoms with Crippen LogP contribution in [0, 0.1) is 3.57 Å². The molecule has 15 rings (SSSR count). The van der Waals surface area contributed by atoms with Crippen LogP contribution in [0.4, 0.5) is 0 Å². The zero-order chi connectivity index (χ0) is 51.3. The van der Waals surface area contributed by atoms with Crippen molar-refractivity contribution in [1.29, 1.82) is 0 Å². The summed E-state index contributed by atoms with van der Waals surface area (Å²) in [5.74, 6) is 0. The maximum Gasteiger partial charge on any atom is 0.489 e. The Hall–Kier alpha value is -6.92. The minimum atomic E-state index is -1.46. The highest BCUT2D eigenvalue weighted by molar-refractivity contribution is 14.1. The van der Waals surface area contributed by atoms with Crippen LogP contribution in [0.1, 0.15) is 0 Å². The molecule has 0 saturated heterocycles. The quantitative estimate of drug-likeness (QED) is 0.105. The van der Waals surface area contributed by atoms with E-state index in [1.807, 2.05) is 60.7 Å². The molecule has 0 amide bonds. The molecule has 3 aliphatic rings. The van der Waals surface area contributed by atoms with E-state index in [0.29, 0.717) is 10.9 Å². The molecule has 0 unspecified atom stereocenters. The van der Waals surface area contributed by atoms with Gasteiger partial charge in [-0.05, 0) is 185 Å². The number of hydrogen-bond donors (Lipinski definition) is 4. The first-order valence-corrected chi connectivity index (χ1v) is 27.3. The molecule has 0 aromatic heterocycles. The molecule has 0 atom stereocenters. The Morgan fingerprint density at radius 1 is 0.280 bits per heavy atom. The lowest BCUT2D eigenvalue weighted by atomic mass is 9.76. The standard InChI is InChI=1S/C22H15BO2.C22H13Br.C16H11BO2.C6H4BrI/c24-23(25)15-6-3-5-14(13-15)16-11-12-21-18-8-2-1-7-17(18)20-10-4-9-19(16)22(20)21;23-15-6-3-5-14(13-15)16-11-12-21-18-8-2-1-7-17(18)20-10-4-9-19(16)22(20)21;18-17(19)15-9-8-13-11-5-2-1-4-10(11)12-6-3-7-14(15)16(12)13;7-5-2-1-3-6(8)4-5/h1-13,24-25H;1-13H;1-9,18-19H;1-4H. The van der Waals surface area contributed by atoms with E-state index in [0.717, 1.165) is 30.8 Å². The lowest BCUT2D eigenvalue weighted by molar-refractivity contribution is 0.424. The van der Waals surface area contributed by atoms with Gasteiger partial charge in [-0.25, -0.2) is 0 Å². The molecule has 12 aromatic carbocycles. The molecule has 0 heterocycles. The first-order chi connectivity index (χ1) is 36.6. The van der Waals surface area contributed by atoms with Gasteiger partial charge in [0.1, 0.15) is 0 Å². The molecule has 0 radical (unpaired) electrons. The summed E-state index contributed by atoms with van der Waals surface area (Å²) in [7, 11) is -2.89. The van der Waals surface area contributed by atoms with Crippen LogP contribution in [0.3, 0.4) is 0 Å². The summed E-state index contributed by atoms with van der Waals surface area (Å²) in [6, 6.07) is 81.3. The predicted octanol–water partition coefficient (Wildman–Crippen LogP) is 16.0. The van der Waals surface area contributed by atoms with E-state index in [-0.39, 0.29) is 0 Å². The molecule has 12 aromatic rings. The normalized spacial score (nSPS) is 11.4. The number of halogens is 3. The van der Waals surface area contributed by atoms with Gasteiger partial charge in [0, 0.05) is 12.5 Å². The summed E-state index contributed by atoms with van der Waals surface area (Å²) in [6.07, 6.45) is 0. The Balaban J connectivity index is 0.000000107. The van der Waals surface area contributed by atoms with Crippen LogP contribution in [-0.4, -0.2) is 34.3 Å². The minimum absolute atomic E-state index is 0.504. The second-order valence-corrected chi connectivity index (χ2v) is 21.7. The summed E-state index contributed by atoms with van der Waals surface area (Å²) in [6.45, 7) is 0. The van der Waals surface area contributed by atoms with Gasteiger partial charge in [0.05, 0.1) is 0 Å². The third-order valence-electron chi connectivity index (χ3n) is 14.4. The minimum Gasteiger partial charge on any atom is -0.423 e. The van der Waals surface area contributed by atoms with Gasteiger partial charge < -0.3 is 20.1 Å². The van der Waals surface area contributed by atoms with E-state index < -0.39 is 14.2 Å². The fourth-order valence-corrected chi connectivity index (χ4v) is 12.9.